The van der Waals surface area contributed by atoms with E-state index in [2.05, 4.69) is 17.2 Å². The minimum atomic E-state index is -0.420. The number of nitrogens with one attached hydrogen (secondary N) is 1. The highest BCUT2D eigenvalue weighted by Crippen LogP contribution is 2.40. The Kier molecular flexibility index (Phi) is 6.17. The molecule has 0 saturated carbocycles. The van der Waals surface area contributed by atoms with Crippen LogP contribution in [0.2, 0.25) is 0 Å². The molecule has 2 heterocycles. The van der Waals surface area contributed by atoms with E-state index < -0.39 is 11.0 Å². The van der Waals surface area contributed by atoms with Gasteiger partial charge in [0.05, 0.1) is 4.92 Å². The summed E-state index contributed by atoms with van der Waals surface area (Å²) in [6, 6.07) is 5.97. The number of anilines is 1. The second-order valence-corrected chi connectivity index (χ2v) is 8.68. The van der Waals surface area contributed by atoms with Crippen LogP contribution in [0.3, 0.4) is 0 Å². The number of nitrogens with zero attached hydrogens (tertiary/aromatic N) is 4. The molecule has 1 N–H and O–H groups in total. The van der Waals surface area contributed by atoms with Crippen LogP contribution in [-0.2, 0) is 4.79 Å². The number of Topliss-reactive ketones (excluding diaryl/α,β-unsaturated/α-hetero) is 1. The third-order valence-corrected chi connectivity index (χ3v) is 6.42. The molecule has 0 saturated heterocycles. The Labute approximate surface area is 179 Å². The van der Waals surface area contributed by atoms with Crippen molar-refractivity contribution in [3.05, 3.63) is 51.2 Å². The van der Waals surface area contributed by atoms with Gasteiger partial charge < -0.3 is 5.32 Å². The second kappa shape index (κ2) is 8.99. The summed E-state index contributed by atoms with van der Waals surface area (Å²) in [5.41, 5.74) is 2.43. The van der Waals surface area contributed by atoms with Gasteiger partial charge in [-0.15, -0.1) is 5.10 Å². The number of allylic oxidation sites excluding steroid dienone is 2. The molecule has 1 aromatic carbocycles. The maximum atomic E-state index is 12.8. The number of non-ortho nitro benzene ring substituents is 1. The number of carbonyl (C=O) groups is 1. The van der Waals surface area contributed by atoms with Crippen molar-refractivity contribution in [1.82, 2.24) is 14.8 Å². The van der Waals surface area contributed by atoms with Gasteiger partial charge in [0.25, 0.3) is 5.69 Å². The zero-order valence-electron chi connectivity index (χ0n) is 17.0. The number of benzene rings is 1. The molecule has 2 aromatic rings. The molecule has 1 aliphatic carbocycles. The van der Waals surface area contributed by atoms with E-state index in [0.29, 0.717) is 23.1 Å². The number of nitro groups is 1. The van der Waals surface area contributed by atoms with Crippen molar-refractivity contribution in [2.75, 3.05) is 11.1 Å². The molecular formula is C21H25N5O3S. The molecule has 4 rings (SSSR count). The first-order chi connectivity index (χ1) is 14.6. The number of unbranched alkanes of at least 4 members (excludes halogenated alkanes) is 3. The van der Waals surface area contributed by atoms with Crippen molar-refractivity contribution in [2.45, 2.75) is 63.1 Å². The van der Waals surface area contributed by atoms with E-state index in [9.17, 15) is 14.9 Å². The first-order valence-corrected chi connectivity index (χ1v) is 11.4. The maximum Gasteiger partial charge on any atom is 0.269 e. The quantitative estimate of drug-likeness (QED) is 0.277. The van der Waals surface area contributed by atoms with Gasteiger partial charge in [-0.05, 0) is 37.0 Å². The molecule has 0 fully saturated rings. The lowest BCUT2D eigenvalue weighted by atomic mass is 9.85. The van der Waals surface area contributed by atoms with E-state index >= 15 is 0 Å². The summed E-state index contributed by atoms with van der Waals surface area (Å²) in [6.07, 6.45) is 6.86. The Balaban J connectivity index is 1.65. The van der Waals surface area contributed by atoms with Crippen molar-refractivity contribution in [3.8, 4) is 0 Å². The molecule has 0 spiro atoms. The number of ketones is 1. The standard InChI is InChI=1S/C21H25N5O3S/c1-2-3-4-5-13-30-21-23-20-22-16-7-6-8-17(27)18(16)19(25(20)24-21)14-9-11-15(12-10-14)26(28)29/h9-12,19H,2-8,13H2,1H3,(H,22,23,24). The normalized spacial score (nSPS) is 18.0. The SMILES string of the molecule is CCCCCCSc1nc2n(n1)C(c1ccc([N+](=O)[O-])cc1)C1=C(CCCC1=O)N2. The van der Waals surface area contributed by atoms with E-state index in [0.717, 1.165) is 36.3 Å². The van der Waals surface area contributed by atoms with E-state index in [1.165, 1.54) is 31.4 Å². The Morgan fingerprint density at radius 2 is 2.03 bits per heavy atom. The van der Waals surface area contributed by atoms with Crippen LogP contribution in [0.25, 0.3) is 0 Å². The van der Waals surface area contributed by atoms with Crippen molar-refractivity contribution in [2.24, 2.45) is 0 Å². The number of thioether (sulfide) groups is 1. The predicted molar refractivity (Wildman–Crippen MR) is 116 cm³/mol. The average molecular weight is 428 g/mol. The topological polar surface area (TPSA) is 103 Å². The van der Waals surface area contributed by atoms with Gasteiger partial charge in [-0.3, -0.25) is 14.9 Å². The Morgan fingerprint density at radius 1 is 1.23 bits per heavy atom. The number of rotatable bonds is 8. The summed E-state index contributed by atoms with van der Waals surface area (Å²) in [4.78, 5) is 28.1. The molecular weight excluding hydrogens is 402 g/mol. The first kappa shape index (κ1) is 20.6. The lowest BCUT2D eigenvalue weighted by molar-refractivity contribution is -0.384. The van der Waals surface area contributed by atoms with Gasteiger partial charge in [0.15, 0.2) is 5.78 Å². The van der Waals surface area contributed by atoms with Crippen LogP contribution in [0, 0.1) is 10.1 Å². The maximum absolute atomic E-state index is 12.8. The summed E-state index contributed by atoms with van der Waals surface area (Å²) in [5.74, 6) is 1.68. The molecule has 1 aliphatic heterocycles. The van der Waals surface area contributed by atoms with Gasteiger partial charge in [0, 0.05) is 35.6 Å². The van der Waals surface area contributed by atoms with Crippen molar-refractivity contribution in [1.29, 1.82) is 0 Å². The fraction of sp³-hybridized carbons (Fsp3) is 0.476. The van der Waals surface area contributed by atoms with Crippen LogP contribution >= 0.6 is 11.8 Å². The molecule has 1 unspecified atom stereocenters. The molecule has 1 aromatic heterocycles. The van der Waals surface area contributed by atoms with Gasteiger partial charge in [0.1, 0.15) is 6.04 Å². The lowest BCUT2D eigenvalue weighted by Crippen LogP contribution is -2.31. The Bertz CT molecular complexity index is 983. The van der Waals surface area contributed by atoms with E-state index in [4.69, 9.17) is 5.10 Å². The molecule has 9 heteroatoms. The highest BCUT2D eigenvalue weighted by atomic mass is 32.2. The summed E-state index contributed by atoms with van der Waals surface area (Å²) < 4.78 is 1.76. The monoisotopic (exact) mass is 427 g/mol. The second-order valence-electron chi connectivity index (χ2n) is 7.62. The van der Waals surface area contributed by atoms with Crippen LogP contribution in [0.1, 0.15) is 63.5 Å². The van der Waals surface area contributed by atoms with Crippen LogP contribution in [0.4, 0.5) is 11.6 Å². The van der Waals surface area contributed by atoms with Crippen LogP contribution < -0.4 is 5.32 Å². The highest BCUT2D eigenvalue weighted by molar-refractivity contribution is 7.99. The summed E-state index contributed by atoms with van der Waals surface area (Å²) in [7, 11) is 0. The van der Waals surface area contributed by atoms with Crippen LogP contribution in [0.5, 0.6) is 0 Å². The minimum Gasteiger partial charge on any atom is -0.328 e. The largest absolute Gasteiger partial charge is 0.328 e. The van der Waals surface area contributed by atoms with Gasteiger partial charge in [-0.25, -0.2) is 4.68 Å². The number of hydrogen-bond acceptors (Lipinski definition) is 7. The zero-order chi connectivity index (χ0) is 21.1. The molecule has 30 heavy (non-hydrogen) atoms. The molecule has 158 valence electrons. The summed E-state index contributed by atoms with van der Waals surface area (Å²) >= 11 is 1.63. The number of aromatic nitrogens is 3. The number of carbonyl (C=O) groups excluding carboxylic acids is 1. The van der Waals surface area contributed by atoms with Gasteiger partial charge in [-0.2, -0.15) is 4.98 Å². The Morgan fingerprint density at radius 3 is 2.77 bits per heavy atom. The third kappa shape index (κ3) is 4.12. The number of nitro benzene ring substituents is 1. The number of hydrogen-bond donors (Lipinski definition) is 1. The Hall–Kier alpha value is -2.68. The molecule has 0 bridgehead atoms. The third-order valence-electron chi connectivity index (χ3n) is 5.50. The first-order valence-electron chi connectivity index (χ1n) is 10.5. The van der Waals surface area contributed by atoms with E-state index in [1.54, 1.807) is 28.6 Å². The predicted octanol–water partition coefficient (Wildman–Crippen LogP) is 4.88. The van der Waals surface area contributed by atoms with Crippen molar-refractivity contribution >= 4 is 29.2 Å². The van der Waals surface area contributed by atoms with Gasteiger partial charge in [-0.1, -0.05) is 37.9 Å². The number of fused-ring (bicyclic) bond motifs is 1. The minimum absolute atomic E-state index is 0.0268. The van der Waals surface area contributed by atoms with Gasteiger partial charge >= 0.3 is 0 Å². The molecule has 1 atom stereocenters. The molecule has 8 nitrogen and oxygen atoms in total. The average Bonchev–Trinajstić information content (AvgIpc) is 3.14. The van der Waals surface area contributed by atoms with Crippen molar-refractivity contribution < 1.29 is 9.72 Å². The smallest absolute Gasteiger partial charge is 0.269 e. The fourth-order valence-corrected chi connectivity index (χ4v) is 4.80. The van der Waals surface area contributed by atoms with Crippen molar-refractivity contribution in [3.63, 3.8) is 0 Å². The van der Waals surface area contributed by atoms with E-state index in [-0.39, 0.29) is 11.5 Å². The molecule has 0 amide bonds. The zero-order valence-corrected chi connectivity index (χ0v) is 17.8. The highest BCUT2D eigenvalue weighted by Gasteiger charge is 2.37. The van der Waals surface area contributed by atoms with Gasteiger partial charge in [0.2, 0.25) is 11.1 Å². The lowest BCUT2D eigenvalue weighted by Gasteiger charge is -2.32. The fourth-order valence-electron chi connectivity index (χ4n) is 3.98. The summed E-state index contributed by atoms with van der Waals surface area (Å²) in [6.45, 7) is 2.19. The molecule has 0 radical (unpaired) electrons. The summed E-state index contributed by atoms with van der Waals surface area (Å²) in [5, 5.41) is 19.7. The van der Waals surface area contributed by atoms with E-state index in [1.807, 2.05) is 0 Å². The van der Waals surface area contributed by atoms with Crippen LogP contribution in [0.15, 0.2) is 40.7 Å². The molecule has 2 aliphatic rings. The van der Waals surface area contributed by atoms with Crippen LogP contribution in [-0.4, -0.2) is 31.2 Å².